The van der Waals surface area contributed by atoms with Crippen LogP contribution in [0.2, 0.25) is 0 Å². The summed E-state index contributed by atoms with van der Waals surface area (Å²) in [5.74, 6) is -0.798. The number of aromatic nitrogens is 1. The second kappa shape index (κ2) is 7.26. The Morgan fingerprint density at radius 2 is 1.90 bits per heavy atom. The molecule has 29 heavy (non-hydrogen) atoms. The Hall–Kier alpha value is -3.31. The number of hydrogen-bond acceptors (Lipinski definition) is 4. The Bertz CT molecular complexity index is 1090. The molecule has 1 aliphatic rings. The van der Waals surface area contributed by atoms with E-state index in [2.05, 4.69) is 11.1 Å². The van der Waals surface area contributed by atoms with Crippen molar-refractivity contribution < 1.29 is 14.7 Å². The first-order chi connectivity index (χ1) is 13.9. The minimum absolute atomic E-state index is 0.322. The number of carbonyl (C=O) groups excluding carboxylic acids is 2. The normalized spacial score (nSPS) is 18.0. The largest absolute Gasteiger partial charge is 0.375 e. The predicted molar refractivity (Wildman–Crippen MR) is 111 cm³/mol. The molecule has 5 heteroatoms. The minimum atomic E-state index is -1.89. The number of carbonyl (C=O) groups is 2. The van der Waals surface area contributed by atoms with Crippen LogP contribution in [0.25, 0.3) is 0 Å². The molecular formula is C24H22N2O3. The zero-order chi connectivity index (χ0) is 20.6. The first-order valence-corrected chi connectivity index (χ1v) is 9.53. The number of hydrogen-bond donors (Lipinski definition) is 1. The molecule has 1 aliphatic heterocycles. The molecule has 3 aromatic rings. The van der Waals surface area contributed by atoms with Crippen molar-refractivity contribution in [3.63, 3.8) is 0 Å². The van der Waals surface area contributed by atoms with Crippen LogP contribution in [0.1, 0.15) is 39.0 Å². The van der Waals surface area contributed by atoms with Gasteiger partial charge < -0.3 is 10.0 Å². The van der Waals surface area contributed by atoms with Crippen LogP contribution >= 0.6 is 0 Å². The summed E-state index contributed by atoms with van der Waals surface area (Å²) in [7, 11) is 0. The maximum absolute atomic E-state index is 13.3. The van der Waals surface area contributed by atoms with Crippen molar-refractivity contribution in [1.29, 1.82) is 0 Å². The third-order valence-electron chi connectivity index (χ3n) is 5.47. The summed E-state index contributed by atoms with van der Waals surface area (Å²) in [6.45, 7) is 4.37. The summed E-state index contributed by atoms with van der Waals surface area (Å²) in [5.41, 5.74) is 2.82. The molecule has 0 bridgehead atoms. The lowest BCUT2D eigenvalue weighted by atomic mass is 9.88. The number of benzene rings is 2. The van der Waals surface area contributed by atoms with Crippen LogP contribution in [0, 0.1) is 13.8 Å². The van der Waals surface area contributed by atoms with Gasteiger partial charge in [-0.1, -0.05) is 42.0 Å². The molecule has 1 atom stereocenters. The Morgan fingerprint density at radius 3 is 2.62 bits per heavy atom. The average molecular weight is 386 g/mol. The van der Waals surface area contributed by atoms with Gasteiger partial charge >= 0.3 is 0 Å². The first kappa shape index (κ1) is 19.0. The van der Waals surface area contributed by atoms with Crippen molar-refractivity contribution in [2.75, 3.05) is 4.90 Å². The van der Waals surface area contributed by atoms with E-state index in [1.54, 1.807) is 35.4 Å². The van der Waals surface area contributed by atoms with Crippen LogP contribution in [0.3, 0.4) is 0 Å². The predicted octanol–water partition coefficient (Wildman–Crippen LogP) is 3.71. The van der Waals surface area contributed by atoms with E-state index in [1.807, 2.05) is 38.1 Å². The summed E-state index contributed by atoms with van der Waals surface area (Å²) >= 11 is 0. The highest BCUT2D eigenvalue weighted by molar-refractivity contribution is 6.10. The quantitative estimate of drug-likeness (QED) is 0.679. The number of Topliss-reactive ketones (excluding diaryl/α,β-unsaturated/α-hetero) is 1. The first-order valence-electron chi connectivity index (χ1n) is 9.53. The van der Waals surface area contributed by atoms with Crippen LogP contribution in [0.4, 0.5) is 5.69 Å². The van der Waals surface area contributed by atoms with E-state index in [9.17, 15) is 14.7 Å². The molecule has 0 saturated carbocycles. The van der Waals surface area contributed by atoms with Crippen LogP contribution in [0.15, 0.2) is 67.0 Å². The molecule has 2 heterocycles. The molecule has 0 spiro atoms. The van der Waals surface area contributed by atoms with Crippen LogP contribution < -0.4 is 4.90 Å². The van der Waals surface area contributed by atoms with Gasteiger partial charge in [-0.05, 0) is 43.2 Å². The van der Waals surface area contributed by atoms with Gasteiger partial charge in [0.25, 0.3) is 5.91 Å². The maximum Gasteiger partial charge on any atom is 0.264 e. The van der Waals surface area contributed by atoms with Gasteiger partial charge in [0.05, 0.1) is 18.7 Å². The summed E-state index contributed by atoms with van der Waals surface area (Å²) < 4.78 is 0. The number of aryl methyl sites for hydroxylation is 2. The van der Waals surface area contributed by atoms with Crippen molar-refractivity contribution >= 4 is 17.4 Å². The monoisotopic (exact) mass is 386 g/mol. The van der Waals surface area contributed by atoms with E-state index in [0.29, 0.717) is 23.4 Å². The van der Waals surface area contributed by atoms with E-state index < -0.39 is 11.5 Å². The smallest absolute Gasteiger partial charge is 0.264 e. The van der Waals surface area contributed by atoms with Crippen molar-refractivity contribution in [3.05, 3.63) is 94.8 Å². The van der Waals surface area contributed by atoms with E-state index in [0.717, 1.165) is 16.7 Å². The van der Waals surface area contributed by atoms with Gasteiger partial charge in [0.1, 0.15) is 0 Å². The molecule has 5 nitrogen and oxygen atoms in total. The van der Waals surface area contributed by atoms with Crippen molar-refractivity contribution in [2.45, 2.75) is 32.4 Å². The zero-order valence-electron chi connectivity index (χ0n) is 16.4. The molecular weight excluding hydrogens is 364 g/mol. The van der Waals surface area contributed by atoms with Gasteiger partial charge in [-0.15, -0.1) is 0 Å². The van der Waals surface area contributed by atoms with E-state index >= 15 is 0 Å². The molecule has 0 unspecified atom stereocenters. The lowest BCUT2D eigenvalue weighted by Crippen LogP contribution is -2.41. The molecule has 0 aliphatic carbocycles. The number of ketones is 1. The fourth-order valence-corrected chi connectivity index (χ4v) is 3.89. The Kier molecular flexibility index (Phi) is 4.76. The lowest BCUT2D eigenvalue weighted by Gasteiger charge is -2.23. The SMILES string of the molecule is Cc1ccc(CN2C(=O)[C@@](O)(CC(=O)c3cccnc3)c3ccccc32)c(C)c1. The summed E-state index contributed by atoms with van der Waals surface area (Å²) in [4.78, 5) is 31.6. The Balaban J connectivity index is 1.69. The van der Waals surface area contributed by atoms with E-state index in [4.69, 9.17) is 0 Å². The highest BCUT2D eigenvalue weighted by Gasteiger charge is 2.50. The van der Waals surface area contributed by atoms with E-state index in [-0.39, 0.29) is 12.2 Å². The molecule has 4 rings (SSSR count). The fraction of sp³-hybridized carbons (Fsp3) is 0.208. The Morgan fingerprint density at radius 1 is 1.10 bits per heavy atom. The van der Waals surface area contributed by atoms with E-state index in [1.165, 1.54) is 6.20 Å². The summed E-state index contributed by atoms with van der Waals surface area (Å²) in [6, 6.07) is 16.5. The van der Waals surface area contributed by atoms with Gasteiger partial charge in [0.2, 0.25) is 0 Å². The second-order valence-electron chi connectivity index (χ2n) is 7.54. The summed E-state index contributed by atoms with van der Waals surface area (Å²) in [5, 5.41) is 11.4. The van der Waals surface area contributed by atoms with Crippen molar-refractivity contribution in [1.82, 2.24) is 4.98 Å². The molecule has 0 radical (unpaired) electrons. The van der Waals surface area contributed by atoms with Gasteiger partial charge in [-0.25, -0.2) is 0 Å². The van der Waals surface area contributed by atoms with Gasteiger partial charge in [-0.3, -0.25) is 14.6 Å². The summed E-state index contributed by atoms with van der Waals surface area (Å²) in [6.07, 6.45) is 2.70. The van der Waals surface area contributed by atoms with Crippen LogP contribution in [-0.2, 0) is 16.9 Å². The van der Waals surface area contributed by atoms with Gasteiger partial charge in [0, 0.05) is 23.5 Å². The maximum atomic E-state index is 13.3. The number of rotatable bonds is 5. The van der Waals surface area contributed by atoms with Gasteiger partial charge in [0.15, 0.2) is 11.4 Å². The standard InChI is InChI=1S/C24H22N2O3/c1-16-9-10-19(17(2)12-16)15-26-21-8-4-3-7-20(21)24(29,23(26)28)13-22(27)18-6-5-11-25-14-18/h3-12,14,29H,13,15H2,1-2H3/t24-/m1/s1. The van der Waals surface area contributed by atoms with Crippen molar-refractivity contribution in [3.8, 4) is 0 Å². The molecule has 146 valence electrons. The highest BCUT2D eigenvalue weighted by Crippen LogP contribution is 2.43. The van der Waals surface area contributed by atoms with Crippen LogP contribution in [-0.4, -0.2) is 21.8 Å². The Labute approximate surface area is 169 Å². The van der Waals surface area contributed by atoms with Crippen molar-refractivity contribution in [2.24, 2.45) is 0 Å². The molecule has 1 aromatic heterocycles. The number of anilines is 1. The highest BCUT2D eigenvalue weighted by atomic mass is 16.3. The number of aliphatic hydroxyl groups is 1. The number of amides is 1. The number of nitrogens with zero attached hydrogens (tertiary/aromatic N) is 2. The third kappa shape index (κ3) is 3.34. The zero-order valence-corrected chi connectivity index (χ0v) is 16.4. The number of fused-ring (bicyclic) bond motifs is 1. The third-order valence-corrected chi connectivity index (χ3v) is 5.47. The molecule has 1 N–H and O–H groups in total. The second-order valence-corrected chi connectivity index (χ2v) is 7.54. The molecule has 0 saturated heterocycles. The number of para-hydroxylation sites is 1. The van der Waals surface area contributed by atoms with Gasteiger partial charge in [-0.2, -0.15) is 0 Å². The fourth-order valence-electron chi connectivity index (χ4n) is 3.89. The number of pyridine rings is 1. The minimum Gasteiger partial charge on any atom is -0.375 e. The topological polar surface area (TPSA) is 70.5 Å². The molecule has 0 fully saturated rings. The van der Waals surface area contributed by atoms with Crippen LogP contribution in [0.5, 0.6) is 0 Å². The average Bonchev–Trinajstić information content (AvgIpc) is 2.92. The molecule has 2 aromatic carbocycles. The lowest BCUT2D eigenvalue weighted by molar-refractivity contribution is -0.136. The molecule has 1 amide bonds.